The minimum atomic E-state index is -0.432. The van der Waals surface area contributed by atoms with E-state index in [-0.39, 0.29) is 5.97 Å². The fourth-order valence-electron chi connectivity index (χ4n) is 3.16. The molecule has 2 heterocycles. The van der Waals surface area contributed by atoms with Crippen molar-refractivity contribution >= 4 is 23.7 Å². The Bertz CT molecular complexity index is 894. The lowest BCUT2D eigenvalue weighted by Gasteiger charge is -2.28. The van der Waals surface area contributed by atoms with Crippen LogP contribution >= 0.6 is 11.8 Å². The number of esters is 1. The lowest BCUT2D eigenvalue weighted by molar-refractivity contribution is -0.139. The van der Waals surface area contributed by atoms with Gasteiger partial charge in [0.1, 0.15) is 11.8 Å². The van der Waals surface area contributed by atoms with E-state index in [0.29, 0.717) is 23.3 Å². The number of carbonyl (C=O) groups is 1. The first-order chi connectivity index (χ1) is 14.1. The highest BCUT2D eigenvalue weighted by molar-refractivity contribution is 7.99. The average Bonchev–Trinajstić information content (AvgIpc) is 3.13. The average molecular weight is 417 g/mol. The van der Waals surface area contributed by atoms with E-state index in [1.54, 1.807) is 23.6 Å². The van der Waals surface area contributed by atoms with Crippen LogP contribution in [0.2, 0.25) is 0 Å². The van der Waals surface area contributed by atoms with Gasteiger partial charge in [0.2, 0.25) is 11.1 Å². The molecule has 1 N–H and O–H groups in total. The maximum atomic E-state index is 13.0. The van der Waals surface area contributed by atoms with E-state index >= 15 is 0 Å². The van der Waals surface area contributed by atoms with Gasteiger partial charge in [0, 0.05) is 11.4 Å². The first kappa shape index (κ1) is 21.2. The Labute approximate surface area is 175 Å². The molecule has 0 aliphatic carbocycles. The molecule has 1 unspecified atom stereocenters. The SMILES string of the molecule is CCCCOC(=O)C1=C(C)Nc2nc(SCCC)nn2C1c1cccc(OC)c1. The van der Waals surface area contributed by atoms with Crippen molar-refractivity contribution in [3.63, 3.8) is 0 Å². The highest BCUT2D eigenvalue weighted by Gasteiger charge is 2.35. The number of thioether (sulfide) groups is 1. The topological polar surface area (TPSA) is 78.3 Å². The number of unbranched alkanes of at least 4 members (excludes halogenated alkanes) is 1. The summed E-state index contributed by atoms with van der Waals surface area (Å²) in [5.41, 5.74) is 2.16. The fraction of sp³-hybridized carbons (Fsp3) is 0.476. The summed E-state index contributed by atoms with van der Waals surface area (Å²) in [6.45, 7) is 6.46. The molecule has 1 aliphatic heterocycles. The molecule has 1 aromatic carbocycles. The van der Waals surface area contributed by atoms with Crippen LogP contribution in [0.3, 0.4) is 0 Å². The molecule has 29 heavy (non-hydrogen) atoms. The molecule has 0 fully saturated rings. The summed E-state index contributed by atoms with van der Waals surface area (Å²) in [6.07, 6.45) is 2.84. The van der Waals surface area contributed by atoms with Gasteiger partial charge in [-0.25, -0.2) is 9.48 Å². The number of carbonyl (C=O) groups excluding carboxylic acids is 1. The van der Waals surface area contributed by atoms with E-state index in [1.165, 1.54) is 0 Å². The third kappa shape index (κ3) is 4.75. The quantitative estimate of drug-likeness (QED) is 0.368. The Morgan fingerprint density at radius 2 is 2.14 bits per heavy atom. The third-order valence-electron chi connectivity index (χ3n) is 4.63. The molecular formula is C21H28N4O3S. The van der Waals surface area contributed by atoms with Gasteiger partial charge < -0.3 is 14.8 Å². The molecule has 7 nitrogen and oxygen atoms in total. The van der Waals surface area contributed by atoms with Crippen molar-refractivity contribution in [3.05, 3.63) is 41.1 Å². The van der Waals surface area contributed by atoms with Crippen LogP contribution < -0.4 is 10.1 Å². The zero-order chi connectivity index (χ0) is 20.8. The first-order valence-electron chi connectivity index (χ1n) is 9.97. The molecular weight excluding hydrogens is 388 g/mol. The number of nitrogens with one attached hydrogen (secondary N) is 1. The molecule has 3 rings (SSSR count). The largest absolute Gasteiger partial charge is 0.497 e. The van der Waals surface area contributed by atoms with E-state index in [9.17, 15) is 4.79 Å². The number of nitrogens with zero attached hydrogens (tertiary/aromatic N) is 3. The maximum absolute atomic E-state index is 13.0. The second kappa shape index (κ2) is 9.82. The Hall–Kier alpha value is -2.48. The molecule has 1 aromatic heterocycles. The van der Waals surface area contributed by atoms with Crippen molar-refractivity contribution in [2.24, 2.45) is 0 Å². The molecule has 8 heteroatoms. The maximum Gasteiger partial charge on any atom is 0.338 e. The first-order valence-corrected chi connectivity index (χ1v) is 11.0. The van der Waals surface area contributed by atoms with E-state index in [2.05, 4.69) is 29.2 Å². The Kier molecular flexibility index (Phi) is 7.19. The number of allylic oxidation sites excluding steroid dienone is 1. The predicted molar refractivity (Wildman–Crippen MR) is 114 cm³/mol. The number of methoxy groups -OCH3 is 1. The third-order valence-corrected chi connectivity index (χ3v) is 5.67. The van der Waals surface area contributed by atoms with Gasteiger partial charge in [0.25, 0.3) is 0 Å². The van der Waals surface area contributed by atoms with E-state index in [1.807, 2.05) is 31.2 Å². The van der Waals surface area contributed by atoms with Crippen LogP contribution in [0, 0.1) is 0 Å². The fourth-order valence-corrected chi connectivity index (χ4v) is 3.84. The van der Waals surface area contributed by atoms with Crippen LogP contribution in [0.4, 0.5) is 5.95 Å². The summed E-state index contributed by atoms with van der Waals surface area (Å²) in [7, 11) is 1.63. The van der Waals surface area contributed by atoms with Gasteiger partial charge in [0.05, 0.1) is 19.3 Å². The summed E-state index contributed by atoms with van der Waals surface area (Å²) in [5.74, 6) is 1.95. The van der Waals surface area contributed by atoms with Crippen LogP contribution in [0.5, 0.6) is 5.75 Å². The molecule has 0 bridgehead atoms. The Balaban J connectivity index is 2.03. The lowest BCUT2D eigenvalue weighted by Crippen LogP contribution is -2.29. The smallest absolute Gasteiger partial charge is 0.338 e. The summed E-state index contributed by atoms with van der Waals surface area (Å²) in [4.78, 5) is 17.6. The van der Waals surface area contributed by atoms with Crippen molar-refractivity contribution in [2.45, 2.75) is 51.2 Å². The number of hydrogen-bond acceptors (Lipinski definition) is 7. The minimum Gasteiger partial charge on any atom is -0.497 e. The summed E-state index contributed by atoms with van der Waals surface area (Å²) < 4.78 is 12.7. The molecule has 0 amide bonds. The lowest BCUT2D eigenvalue weighted by atomic mass is 9.95. The normalized spacial score (nSPS) is 15.7. The number of hydrogen-bond donors (Lipinski definition) is 1. The van der Waals surface area contributed by atoms with Gasteiger partial charge in [0.15, 0.2) is 0 Å². The predicted octanol–water partition coefficient (Wildman–Crippen LogP) is 4.42. The van der Waals surface area contributed by atoms with Gasteiger partial charge in [-0.2, -0.15) is 4.98 Å². The molecule has 0 radical (unpaired) electrons. The molecule has 1 aliphatic rings. The van der Waals surface area contributed by atoms with Crippen LogP contribution in [0.15, 0.2) is 40.7 Å². The zero-order valence-electron chi connectivity index (χ0n) is 17.4. The molecule has 1 atom stereocenters. The van der Waals surface area contributed by atoms with Crippen LogP contribution in [0.25, 0.3) is 0 Å². The van der Waals surface area contributed by atoms with Gasteiger partial charge in [-0.15, -0.1) is 5.10 Å². The standard InChI is InChI=1S/C21H28N4O3S/c1-5-7-11-28-19(26)17-14(3)22-20-23-21(29-12-6-2)24-25(20)18(17)15-9-8-10-16(13-15)27-4/h8-10,13,18H,5-7,11-12H2,1-4H3,(H,22,23,24). The number of rotatable bonds is 9. The van der Waals surface area contributed by atoms with E-state index < -0.39 is 6.04 Å². The molecule has 2 aromatic rings. The van der Waals surface area contributed by atoms with Crippen LogP contribution in [-0.4, -0.2) is 40.2 Å². The van der Waals surface area contributed by atoms with Crippen molar-refractivity contribution in [3.8, 4) is 5.75 Å². The summed E-state index contributed by atoms with van der Waals surface area (Å²) >= 11 is 1.60. The molecule has 0 saturated carbocycles. The van der Waals surface area contributed by atoms with Crippen molar-refractivity contribution in [2.75, 3.05) is 24.8 Å². The second-order valence-electron chi connectivity index (χ2n) is 6.84. The summed E-state index contributed by atoms with van der Waals surface area (Å²) in [6, 6.07) is 7.25. The van der Waals surface area contributed by atoms with Crippen molar-refractivity contribution in [1.29, 1.82) is 0 Å². The second-order valence-corrected chi connectivity index (χ2v) is 7.91. The minimum absolute atomic E-state index is 0.333. The molecule has 0 saturated heterocycles. The monoisotopic (exact) mass is 416 g/mol. The zero-order valence-corrected chi connectivity index (χ0v) is 18.2. The van der Waals surface area contributed by atoms with E-state index in [4.69, 9.17) is 9.47 Å². The van der Waals surface area contributed by atoms with E-state index in [0.717, 1.165) is 42.0 Å². The molecule has 156 valence electrons. The number of anilines is 1. The van der Waals surface area contributed by atoms with Gasteiger partial charge in [-0.1, -0.05) is 44.2 Å². The van der Waals surface area contributed by atoms with Gasteiger partial charge in [-0.3, -0.25) is 0 Å². The number of aromatic nitrogens is 3. The van der Waals surface area contributed by atoms with Crippen LogP contribution in [-0.2, 0) is 9.53 Å². The Morgan fingerprint density at radius 1 is 1.31 bits per heavy atom. The number of fused-ring (bicyclic) bond motifs is 1. The van der Waals surface area contributed by atoms with Gasteiger partial charge in [-0.05, 0) is 37.5 Å². The Morgan fingerprint density at radius 3 is 2.86 bits per heavy atom. The highest BCUT2D eigenvalue weighted by Crippen LogP contribution is 2.37. The molecule has 0 spiro atoms. The highest BCUT2D eigenvalue weighted by atomic mass is 32.2. The van der Waals surface area contributed by atoms with Gasteiger partial charge >= 0.3 is 5.97 Å². The summed E-state index contributed by atoms with van der Waals surface area (Å²) in [5, 5.41) is 8.61. The number of benzene rings is 1. The van der Waals surface area contributed by atoms with Crippen molar-refractivity contribution in [1.82, 2.24) is 14.8 Å². The van der Waals surface area contributed by atoms with Crippen LogP contribution in [0.1, 0.15) is 51.6 Å². The number of ether oxygens (including phenoxy) is 2. The van der Waals surface area contributed by atoms with Crippen molar-refractivity contribution < 1.29 is 14.3 Å².